The molecule has 0 aliphatic carbocycles. The Labute approximate surface area is 125 Å². The third-order valence-corrected chi connectivity index (χ3v) is 3.58. The first kappa shape index (κ1) is 16.8. The Bertz CT molecular complexity index is 449. The first-order chi connectivity index (χ1) is 9.41. The van der Waals surface area contributed by atoms with Crippen LogP contribution in [0.1, 0.15) is 37.0 Å². The average Bonchev–Trinajstić information content (AvgIpc) is 2.37. The third-order valence-electron chi connectivity index (χ3n) is 3.35. The molecule has 0 radical (unpaired) electrons. The lowest BCUT2D eigenvalue weighted by Gasteiger charge is -2.20. The number of unbranched alkanes of at least 4 members (excludes halogenated alkanes) is 1. The molecule has 5 heteroatoms. The second-order valence-electron chi connectivity index (χ2n) is 5.20. The lowest BCUT2D eigenvalue weighted by Crippen LogP contribution is -2.27. The SMILES string of the molecule is CC(C)N(C)CCCCNc1cc(Cl)ccc1C(=O)O. The molecule has 20 heavy (non-hydrogen) atoms. The number of nitrogens with one attached hydrogen (secondary N) is 1. The number of hydrogen-bond donors (Lipinski definition) is 2. The van der Waals surface area contributed by atoms with Gasteiger partial charge in [0.1, 0.15) is 0 Å². The molecule has 0 aromatic heterocycles. The predicted octanol–water partition coefficient (Wildman–Crippen LogP) is 3.57. The second kappa shape index (κ2) is 8.12. The molecule has 0 amide bonds. The molecule has 0 saturated heterocycles. The van der Waals surface area contributed by atoms with Crippen LogP contribution in [0, 0.1) is 0 Å². The summed E-state index contributed by atoms with van der Waals surface area (Å²) >= 11 is 5.90. The van der Waals surface area contributed by atoms with Crippen LogP contribution in [0.3, 0.4) is 0 Å². The van der Waals surface area contributed by atoms with Gasteiger partial charge in [0.05, 0.1) is 11.3 Å². The van der Waals surface area contributed by atoms with Crippen LogP contribution in [0.15, 0.2) is 18.2 Å². The van der Waals surface area contributed by atoms with E-state index in [1.165, 1.54) is 6.07 Å². The lowest BCUT2D eigenvalue weighted by atomic mass is 10.1. The van der Waals surface area contributed by atoms with Gasteiger partial charge in [-0.15, -0.1) is 0 Å². The zero-order chi connectivity index (χ0) is 15.1. The topological polar surface area (TPSA) is 52.6 Å². The molecular formula is C15H23ClN2O2. The zero-order valence-corrected chi connectivity index (χ0v) is 13.1. The van der Waals surface area contributed by atoms with Crippen molar-refractivity contribution in [1.82, 2.24) is 4.90 Å². The smallest absolute Gasteiger partial charge is 0.337 e. The maximum atomic E-state index is 11.1. The molecular weight excluding hydrogens is 276 g/mol. The summed E-state index contributed by atoms with van der Waals surface area (Å²) in [6.45, 7) is 6.12. The molecule has 0 atom stereocenters. The van der Waals surface area contributed by atoms with E-state index in [1.807, 2.05) is 0 Å². The number of benzene rings is 1. The van der Waals surface area contributed by atoms with Gasteiger partial charge >= 0.3 is 5.97 Å². The van der Waals surface area contributed by atoms with Crippen molar-refractivity contribution in [3.63, 3.8) is 0 Å². The first-order valence-electron chi connectivity index (χ1n) is 6.88. The molecule has 112 valence electrons. The standard InChI is InChI=1S/C15H23ClN2O2/c1-11(2)18(3)9-5-4-8-17-14-10-12(16)6-7-13(14)15(19)20/h6-7,10-11,17H,4-5,8-9H2,1-3H3,(H,19,20). The van der Waals surface area contributed by atoms with Gasteiger partial charge in [0.15, 0.2) is 0 Å². The van der Waals surface area contributed by atoms with Crippen molar-refractivity contribution in [3.8, 4) is 0 Å². The van der Waals surface area contributed by atoms with E-state index in [-0.39, 0.29) is 5.56 Å². The molecule has 0 fully saturated rings. The number of anilines is 1. The summed E-state index contributed by atoms with van der Waals surface area (Å²) in [7, 11) is 2.11. The fourth-order valence-corrected chi connectivity index (χ4v) is 1.99. The molecule has 0 aliphatic rings. The second-order valence-corrected chi connectivity index (χ2v) is 5.64. The van der Waals surface area contributed by atoms with Gasteiger partial charge in [0.2, 0.25) is 0 Å². The maximum Gasteiger partial charge on any atom is 0.337 e. The highest BCUT2D eigenvalue weighted by atomic mass is 35.5. The monoisotopic (exact) mass is 298 g/mol. The Morgan fingerprint density at radius 2 is 2.10 bits per heavy atom. The molecule has 0 heterocycles. The molecule has 0 saturated carbocycles. The molecule has 4 nitrogen and oxygen atoms in total. The van der Waals surface area contributed by atoms with Crippen molar-refractivity contribution >= 4 is 23.3 Å². The van der Waals surface area contributed by atoms with Gasteiger partial charge in [-0.25, -0.2) is 4.79 Å². The number of aromatic carboxylic acids is 1. The van der Waals surface area contributed by atoms with E-state index in [0.29, 0.717) is 16.8 Å². The molecule has 1 aromatic rings. The van der Waals surface area contributed by atoms with Crippen LogP contribution >= 0.6 is 11.6 Å². The van der Waals surface area contributed by atoms with Gasteiger partial charge in [-0.05, 0) is 58.5 Å². The van der Waals surface area contributed by atoms with Crippen molar-refractivity contribution in [1.29, 1.82) is 0 Å². The summed E-state index contributed by atoms with van der Waals surface area (Å²) in [4.78, 5) is 13.4. The highest BCUT2D eigenvalue weighted by Gasteiger charge is 2.10. The third kappa shape index (κ3) is 5.39. The summed E-state index contributed by atoms with van der Waals surface area (Å²) < 4.78 is 0. The van der Waals surface area contributed by atoms with Crippen LogP contribution in [-0.2, 0) is 0 Å². The summed E-state index contributed by atoms with van der Waals surface area (Å²) in [6.07, 6.45) is 2.06. The van der Waals surface area contributed by atoms with Crippen LogP contribution in [0.25, 0.3) is 0 Å². The van der Waals surface area contributed by atoms with E-state index >= 15 is 0 Å². The van der Waals surface area contributed by atoms with Gasteiger partial charge < -0.3 is 15.3 Å². The molecule has 0 unspecified atom stereocenters. The van der Waals surface area contributed by atoms with Crippen LogP contribution in [0.5, 0.6) is 0 Å². The molecule has 2 N–H and O–H groups in total. The van der Waals surface area contributed by atoms with E-state index < -0.39 is 5.97 Å². The number of carboxylic acid groups (broad SMARTS) is 1. The molecule has 1 aromatic carbocycles. The van der Waals surface area contributed by atoms with E-state index in [1.54, 1.807) is 12.1 Å². The Balaban J connectivity index is 2.42. The van der Waals surface area contributed by atoms with Crippen LogP contribution in [0.2, 0.25) is 5.02 Å². The summed E-state index contributed by atoms with van der Waals surface area (Å²) in [5.74, 6) is -0.941. The number of hydrogen-bond acceptors (Lipinski definition) is 3. The Morgan fingerprint density at radius 1 is 1.40 bits per heavy atom. The van der Waals surface area contributed by atoms with E-state index in [2.05, 4.69) is 31.1 Å². The van der Waals surface area contributed by atoms with Gasteiger partial charge in [0, 0.05) is 17.6 Å². The highest BCUT2D eigenvalue weighted by molar-refractivity contribution is 6.31. The van der Waals surface area contributed by atoms with E-state index in [9.17, 15) is 4.79 Å². The van der Waals surface area contributed by atoms with Crippen molar-refractivity contribution in [3.05, 3.63) is 28.8 Å². The number of carbonyl (C=O) groups is 1. The van der Waals surface area contributed by atoms with Crippen molar-refractivity contribution in [2.45, 2.75) is 32.7 Å². The van der Waals surface area contributed by atoms with Gasteiger partial charge in [-0.2, -0.15) is 0 Å². The first-order valence-corrected chi connectivity index (χ1v) is 7.26. The Morgan fingerprint density at radius 3 is 2.70 bits per heavy atom. The van der Waals surface area contributed by atoms with Gasteiger partial charge in [-0.3, -0.25) is 0 Å². The average molecular weight is 299 g/mol. The van der Waals surface area contributed by atoms with E-state index in [4.69, 9.17) is 16.7 Å². The van der Waals surface area contributed by atoms with Crippen LogP contribution in [-0.4, -0.2) is 42.2 Å². The predicted molar refractivity (Wildman–Crippen MR) is 83.9 cm³/mol. The summed E-state index contributed by atoms with van der Waals surface area (Å²) in [5, 5.41) is 12.8. The lowest BCUT2D eigenvalue weighted by molar-refractivity contribution is 0.0698. The fourth-order valence-electron chi connectivity index (χ4n) is 1.82. The minimum atomic E-state index is -0.941. The van der Waals surface area contributed by atoms with Crippen molar-refractivity contribution in [2.75, 3.05) is 25.5 Å². The highest BCUT2D eigenvalue weighted by Crippen LogP contribution is 2.21. The summed E-state index contributed by atoms with van der Waals surface area (Å²) in [6, 6.07) is 5.33. The van der Waals surface area contributed by atoms with Gasteiger partial charge in [0.25, 0.3) is 0 Å². The normalized spacial score (nSPS) is 11.1. The van der Waals surface area contributed by atoms with Crippen LogP contribution < -0.4 is 5.32 Å². The molecule has 0 bridgehead atoms. The largest absolute Gasteiger partial charge is 0.478 e. The van der Waals surface area contributed by atoms with Crippen molar-refractivity contribution < 1.29 is 9.90 Å². The summed E-state index contributed by atoms with van der Waals surface area (Å²) in [5.41, 5.74) is 0.843. The van der Waals surface area contributed by atoms with Crippen LogP contribution in [0.4, 0.5) is 5.69 Å². The minimum absolute atomic E-state index is 0.258. The quantitative estimate of drug-likeness (QED) is 0.720. The molecule has 1 rings (SSSR count). The number of halogens is 1. The van der Waals surface area contributed by atoms with Crippen molar-refractivity contribution in [2.24, 2.45) is 0 Å². The molecule has 0 spiro atoms. The molecule has 0 aliphatic heterocycles. The zero-order valence-electron chi connectivity index (χ0n) is 12.3. The number of carboxylic acids is 1. The van der Waals surface area contributed by atoms with E-state index in [0.717, 1.165) is 25.9 Å². The Kier molecular flexibility index (Phi) is 6.82. The number of nitrogens with zero attached hydrogens (tertiary/aromatic N) is 1. The maximum absolute atomic E-state index is 11.1. The fraction of sp³-hybridized carbons (Fsp3) is 0.533. The Hall–Kier alpha value is -1.26. The number of rotatable bonds is 8. The van der Waals surface area contributed by atoms with Gasteiger partial charge in [-0.1, -0.05) is 11.6 Å². The minimum Gasteiger partial charge on any atom is -0.478 e.